The Kier molecular flexibility index (Phi) is 6.84. The van der Waals surface area contributed by atoms with Gasteiger partial charge in [-0.15, -0.1) is 0 Å². The average molecular weight is 456 g/mol. The third-order valence-electron chi connectivity index (χ3n) is 4.42. The molecule has 0 bridgehead atoms. The third kappa shape index (κ3) is 5.88. The van der Waals surface area contributed by atoms with Crippen molar-refractivity contribution in [1.82, 2.24) is 9.88 Å². The lowest BCUT2D eigenvalue weighted by Gasteiger charge is -2.17. The molecule has 3 aromatic rings. The van der Waals surface area contributed by atoms with Crippen LogP contribution in [0, 0.1) is 12.7 Å². The van der Waals surface area contributed by atoms with Crippen LogP contribution in [-0.2, 0) is 14.8 Å². The number of benzene rings is 2. The zero-order valence-corrected chi connectivity index (χ0v) is 18.2. The van der Waals surface area contributed by atoms with Gasteiger partial charge in [0.15, 0.2) is 0 Å². The fourth-order valence-electron chi connectivity index (χ4n) is 2.80. The van der Waals surface area contributed by atoms with Gasteiger partial charge in [0.2, 0.25) is 5.91 Å². The number of hydrogen-bond acceptors (Lipinski definition) is 5. The number of aromatic nitrogens is 1. The summed E-state index contributed by atoms with van der Waals surface area (Å²) in [4.78, 5) is 30.0. The van der Waals surface area contributed by atoms with Crippen molar-refractivity contribution in [2.75, 3.05) is 23.6 Å². The first-order chi connectivity index (χ1) is 15.1. The van der Waals surface area contributed by atoms with E-state index in [9.17, 15) is 22.4 Å². The molecule has 0 saturated heterocycles. The summed E-state index contributed by atoms with van der Waals surface area (Å²) >= 11 is 0. The number of hydrogen-bond donors (Lipinski definition) is 2. The Labute approximate surface area is 185 Å². The van der Waals surface area contributed by atoms with Crippen LogP contribution in [0.15, 0.2) is 71.8 Å². The number of rotatable bonds is 7. The van der Waals surface area contributed by atoms with E-state index in [0.29, 0.717) is 5.82 Å². The monoisotopic (exact) mass is 456 g/mol. The lowest BCUT2D eigenvalue weighted by Crippen LogP contribution is -2.35. The van der Waals surface area contributed by atoms with Crippen molar-refractivity contribution < 1.29 is 22.4 Å². The Morgan fingerprint density at radius 2 is 1.69 bits per heavy atom. The fourth-order valence-corrected chi connectivity index (χ4v) is 3.86. The maximum absolute atomic E-state index is 13.0. The molecule has 2 N–H and O–H groups in total. The van der Waals surface area contributed by atoms with Gasteiger partial charge < -0.3 is 10.2 Å². The highest BCUT2D eigenvalue weighted by Crippen LogP contribution is 2.17. The number of amides is 2. The van der Waals surface area contributed by atoms with E-state index in [1.807, 2.05) is 6.92 Å². The second-order valence-corrected chi connectivity index (χ2v) is 8.75. The quantitative estimate of drug-likeness (QED) is 0.568. The Balaban J connectivity index is 1.63. The van der Waals surface area contributed by atoms with E-state index in [2.05, 4.69) is 15.0 Å². The van der Waals surface area contributed by atoms with Crippen molar-refractivity contribution in [3.63, 3.8) is 0 Å². The Hall–Kier alpha value is -3.79. The number of nitrogens with one attached hydrogen (secondary N) is 2. The molecule has 0 spiro atoms. The lowest BCUT2D eigenvalue weighted by atomic mass is 10.2. The van der Waals surface area contributed by atoms with E-state index in [1.165, 1.54) is 48.3 Å². The topological polar surface area (TPSA) is 108 Å². The molecular formula is C22H21FN4O4S. The van der Waals surface area contributed by atoms with Gasteiger partial charge in [-0.25, -0.2) is 17.8 Å². The molecule has 166 valence electrons. The Bertz CT molecular complexity index is 1230. The van der Waals surface area contributed by atoms with E-state index in [1.54, 1.807) is 18.3 Å². The number of aryl methyl sites for hydroxylation is 1. The number of sulfonamides is 1. The molecular weight excluding hydrogens is 435 g/mol. The van der Waals surface area contributed by atoms with Gasteiger partial charge in [-0.1, -0.05) is 0 Å². The van der Waals surface area contributed by atoms with Crippen LogP contribution < -0.4 is 10.0 Å². The van der Waals surface area contributed by atoms with Crippen molar-refractivity contribution in [3.8, 4) is 0 Å². The minimum atomic E-state index is -3.91. The third-order valence-corrected chi connectivity index (χ3v) is 5.82. The van der Waals surface area contributed by atoms with Crippen molar-refractivity contribution in [2.24, 2.45) is 0 Å². The summed E-state index contributed by atoms with van der Waals surface area (Å²) in [5.74, 6) is -0.961. The summed E-state index contributed by atoms with van der Waals surface area (Å²) in [6.07, 6.45) is 1.57. The van der Waals surface area contributed by atoms with Crippen LogP contribution in [-0.4, -0.2) is 43.7 Å². The molecule has 0 fully saturated rings. The van der Waals surface area contributed by atoms with E-state index >= 15 is 0 Å². The maximum Gasteiger partial charge on any atom is 0.261 e. The molecule has 8 nitrogen and oxygen atoms in total. The Morgan fingerprint density at radius 3 is 2.31 bits per heavy atom. The summed E-state index contributed by atoms with van der Waals surface area (Å²) < 4.78 is 40.3. The van der Waals surface area contributed by atoms with Gasteiger partial charge in [0, 0.05) is 24.5 Å². The Morgan fingerprint density at radius 1 is 1.03 bits per heavy atom. The highest BCUT2D eigenvalue weighted by Gasteiger charge is 2.18. The molecule has 0 aliphatic rings. The maximum atomic E-state index is 13.0. The van der Waals surface area contributed by atoms with Crippen LogP contribution in [0.5, 0.6) is 0 Å². The molecule has 0 aliphatic carbocycles. The first-order valence-electron chi connectivity index (χ1n) is 9.50. The van der Waals surface area contributed by atoms with Gasteiger partial charge >= 0.3 is 0 Å². The number of likely N-dealkylation sites (N-methyl/N-ethyl adjacent to an activating group) is 1. The molecule has 32 heavy (non-hydrogen) atoms. The predicted octanol–water partition coefficient (Wildman–Crippen LogP) is 3.04. The van der Waals surface area contributed by atoms with Crippen molar-refractivity contribution >= 4 is 33.3 Å². The van der Waals surface area contributed by atoms with Crippen LogP contribution in [0.3, 0.4) is 0 Å². The first kappa shape index (κ1) is 22.9. The van der Waals surface area contributed by atoms with Gasteiger partial charge in [-0.3, -0.25) is 14.3 Å². The van der Waals surface area contributed by atoms with Crippen molar-refractivity contribution in [2.45, 2.75) is 11.8 Å². The predicted molar refractivity (Wildman–Crippen MR) is 118 cm³/mol. The number of halogens is 1. The lowest BCUT2D eigenvalue weighted by molar-refractivity contribution is -0.116. The van der Waals surface area contributed by atoms with Crippen LogP contribution in [0.1, 0.15) is 15.9 Å². The summed E-state index contributed by atoms with van der Waals surface area (Å²) in [7, 11) is -2.45. The summed E-state index contributed by atoms with van der Waals surface area (Å²) in [5.41, 5.74) is 1.36. The molecule has 0 atom stereocenters. The first-order valence-corrected chi connectivity index (χ1v) is 11.0. The molecule has 2 aromatic carbocycles. The van der Waals surface area contributed by atoms with Crippen LogP contribution in [0.4, 0.5) is 15.9 Å². The summed E-state index contributed by atoms with van der Waals surface area (Å²) in [6, 6.07) is 13.7. The molecule has 2 amide bonds. The second-order valence-electron chi connectivity index (χ2n) is 7.06. The normalized spacial score (nSPS) is 11.0. The molecule has 10 heteroatoms. The van der Waals surface area contributed by atoms with Crippen molar-refractivity contribution in [1.29, 1.82) is 0 Å². The van der Waals surface area contributed by atoms with Gasteiger partial charge in [-0.05, 0) is 73.2 Å². The van der Waals surface area contributed by atoms with Crippen LogP contribution >= 0.6 is 0 Å². The SMILES string of the molecule is Cc1ccnc(NC(=O)CN(C)C(=O)c2ccc(S(=O)(=O)Nc3ccc(F)cc3)cc2)c1. The van der Waals surface area contributed by atoms with E-state index < -0.39 is 27.7 Å². The number of carbonyl (C=O) groups is 2. The van der Waals surface area contributed by atoms with E-state index in [0.717, 1.165) is 17.7 Å². The van der Waals surface area contributed by atoms with Crippen LogP contribution in [0.25, 0.3) is 0 Å². The molecule has 0 saturated carbocycles. The zero-order valence-electron chi connectivity index (χ0n) is 17.4. The minimum absolute atomic E-state index is 0.0655. The molecule has 1 heterocycles. The highest BCUT2D eigenvalue weighted by molar-refractivity contribution is 7.92. The number of carbonyl (C=O) groups excluding carboxylic acids is 2. The number of anilines is 2. The second kappa shape index (κ2) is 9.56. The standard InChI is InChI=1S/C22H21FN4O4S/c1-15-11-12-24-20(13-15)25-21(28)14-27(2)22(29)16-3-9-19(10-4-16)32(30,31)26-18-7-5-17(23)6-8-18/h3-13,26H,14H2,1-2H3,(H,24,25,28). The van der Waals surface area contributed by atoms with E-state index in [4.69, 9.17) is 0 Å². The largest absolute Gasteiger partial charge is 0.332 e. The minimum Gasteiger partial charge on any atom is -0.332 e. The molecule has 0 aliphatic heterocycles. The average Bonchev–Trinajstić information content (AvgIpc) is 2.74. The molecule has 1 aromatic heterocycles. The molecule has 3 rings (SSSR count). The van der Waals surface area contributed by atoms with Gasteiger partial charge in [0.05, 0.1) is 11.4 Å². The highest BCUT2D eigenvalue weighted by atomic mass is 32.2. The number of pyridine rings is 1. The van der Waals surface area contributed by atoms with Gasteiger partial charge in [0.1, 0.15) is 11.6 Å². The zero-order chi connectivity index (χ0) is 23.3. The summed E-state index contributed by atoms with van der Waals surface area (Å²) in [5, 5.41) is 2.62. The van der Waals surface area contributed by atoms with Crippen LogP contribution in [0.2, 0.25) is 0 Å². The fraction of sp³-hybridized carbons (Fsp3) is 0.136. The van der Waals surface area contributed by atoms with Gasteiger partial charge in [0.25, 0.3) is 15.9 Å². The molecule has 0 radical (unpaired) electrons. The van der Waals surface area contributed by atoms with Gasteiger partial charge in [-0.2, -0.15) is 0 Å². The van der Waals surface area contributed by atoms with E-state index in [-0.39, 0.29) is 22.7 Å². The number of nitrogens with zero attached hydrogens (tertiary/aromatic N) is 2. The smallest absolute Gasteiger partial charge is 0.261 e. The molecule has 0 unspecified atom stereocenters. The van der Waals surface area contributed by atoms with Crippen molar-refractivity contribution in [3.05, 3.63) is 83.8 Å². The summed E-state index contributed by atoms with van der Waals surface area (Å²) in [6.45, 7) is 1.66.